The molecular formula is C14H17N3O3S. The molecule has 0 aromatic carbocycles. The first-order chi connectivity index (χ1) is 10.2. The summed E-state index contributed by atoms with van der Waals surface area (Å²) in [4.78, 5) is 20.9. The maximum absolute atomic E-state index is 11.8. The van der Waals surface area contributed by atoms with Crippen LogP contribution in [0.3, 0.4) is 0 Å². The van der Waals surface area contributed by atoms with Crippen molar-refractivity contribution in [3.05, 3.63) is 17.6 Å². The van der Waals surface area contributed by atoms with Gasteiger partial charge in [-0.3, -0.25) is 9.78 Å². The lowest BCUT2D eigenvalue weighted by Crippen LogP contribution is -2.33. The zero-order valence-electron chi connectivity index (χ0n) is 11.6. The molecule has 0 bridgehead atoms. The van der Waals surface area contributed by atoms with Gasteiger partial charge in [-0.25, -0.2) is 0 Å². The highest BCUT2D eigenvalue weighted by Crippen LogP contribution is 2.38. The highest BCUT2D eigenvalue weighted by atomic mass is 32.1. The molecule has 7 heteroatoms. The molecule has 0 aliphatic heterocycles. The molecule has 21 heavy (non-hydrogen) atoms. The van der Waals surface area contributed by atoms with Crippen molar-refractivity contribution in [3.8, 4) is 10.7 Å². The Hall–Kier alpha value is -1.76. The molecule has 0 amide bonds. The third kappa shape index (κ3) is 2.97. The van der Waals surface area contributed by atoms with E-state index in [0.29, 0.717) is 31.0 Å². The lowest BCUT2D eigenvalue weighted by molar-refractivity contribution is -0.150. The molecule has 112 valence electrons. The van der Waals surface area contributed by atoms with E-state index < -0.39 is 11.4 Å². The second-order valence-electron chi connectivity index (χ2n) is 5.55. The van der Waals surface area contributed by atoms with Gasteiger partial charge in [0, 0.05) is 12.6 Å². The maximum Gasteiger partial charge on any atom is 0.310 e. The Morgan fingerprint density at radius 2 is 2.10 bits per heavy atom. The molecule has 3 rings (SSSR count). The molecule has 0 atom stereocenters. The number of carbonyl (C=O) groups is 1. The molecule has 2 aromatic rings. The topological polar surface area (TPSA) is 89.1 Å². The van der Waals surface area contributed by atoms with Crippen LogP contribution in [0.2, 0.25) is 0 Å². The fraction of sp³-hybridized carbons (Fsp3) is 0.571. The molecule has 2 aromatic heterocycles. The predicted octanol–water partition coefficient (Wildman–Crippen LogP) is 3.16. The molecule has 0 radical (unpaired) electrons. The molecule has 0 saturated heterocycles. The first-order valence-electron chi connectivity index (χ1n) is 7.14. The Balaban J connectivity index is 1.81. The van der Waals surface area contributed by atoms with Crippen molar-refractivity contribution in [2.75, 3.05) is 0 Å². The average molecular weight is 307 g/mol. The number of carboxylic acids is 1. The summed E-state index contributed by atoms with van der Waals surface area (Å²) < 4.78 is 5.26. The second kappa shape index (κ2) is 5.93. The summed E-state index contributed by atoms with van der Waals surface area (Å²) in [5.74, 6) is 0.145. The van der Waals surface area contributed by atoms with Crippen LogP contribution in [0, 0.1) is 5.41 Å². The Bertz CT molecular complexity index is 601. The van der Waals surface area contributed by atoms with Crippen molar-refractivity contribution in [3.63, 3.8) is 0 Å². The number of aliphatic carboxylic acids is 1. The van der Waals surface area contributed by atoms with Gasteiger partial charge in [0.2, 0.25) is 11.7 Å². The van der Waals surface area contributed by atoms with E-state index in [1.54, 1.807) is 11.7 Å². The summed E-state index contributed by atoms with van der Waals surface area (Å²) in [5.41, 5.74) is 0.948. The fourth-order valence-electron chi connectivity index (χ4n) is 2.91. The van der Waals surface area contributed by atoms with Crippen LogP contribution in [-0.4, -0.2) is 26.2 Å². The van der Waals surface area contributed by atoms with Gasteiger partial charge in [-0.05, 0) is 12.8 Å². The lowest BCUT2D eigenvalue weighted by atomic mass is 9.77. The van der Waals surface area contributed by atoms with Gasteiger partial charge in [0.15, 0.2) is 0 Å². The first kappa shape index (κ1) is 14.2. The Labute approximate surface area is 126 Å². The Morgan fingerprint density at radius 1 is 1.33 bits per heavy atom. The monoisotopic (exact) mass is 307 g/mol. The van der Waals surface area contributed by atoms with Gasteiger partial charge in [0.25, 0.3) is 0 Å². The van der Waals surface area contributed by atoms with Gasteiger partial charge in [-0.1, -0.05) is 30.8 Å². The van der Waals surface area contributed by atoms with Gasteiger partial charge in [-0.2, -0.15) is 4.98 Å². The molecule has 1 aliphatic rings. The van der Waals surface area contributed by atoms with Crippen molar-refractivity contribution in [1.29, 1.82) is 0 Å². The highest BCUT2D eigenvalue weighted by Gasteiger charge is 2.40. The number of thiazole rings is 1. The molecule has 1 fully saturated rings. The average Bonchev–Trinajstić information content (AvgIpc) is 3.07. The van der Waals surface area contributed by atoms with E-state index >= 15 is 0 Å². The molecule has 6 nitrogen and oxygen atoms in total. The molecule has 1 saturated carbocycles. The number of carboxylic acid groups (broad SMARTS) is 1. The van der Waals surface area contributed by atoms with Crippen LogP contribution in [0.4, 0.5) is 0 Å². The van der Waals surface area contributed by atoms with Gasteiger partial charge in [-0.15, -0.1) is 11.3 Å². The summed E-state index contributed by atoms with van der Waals surface area (Å²) in [6, 6.07) is 0. The Morgan fingerprint density at radius 3 is 2.71 bits per heavy atom. The molecule has 2 heterocycles. The minimum atomic E-state index is -0.756. The minimum absolute atomic E-state index is 0.314. The van der Waals surface area contributed by atoms with Crippen LogP contribution < -0.4 is 0 Å². The molecule has 0 unspecified atom stereocenters. The largest absolute Gasteiger partial charge is 0.481 e. The summed E-state index contributed by atoms with van der Waals surface area (Å²) >= 11 is 1.43. The normalized spacial score (nSPS) is 18.3. The van der Waals surface area contributed by atoms with Crippen LogP contribution in [0.1, 0.15) is 44.4 Å². The zero-order chi connectivity index (χ0) is 14.7. The van der Waals surface area contributed by atoms with E-state index in [0.717, 1.165) is 30.6 Å². The quantitative estimate of drug-likeness (QED) is 0.873. The summed E-state index contributed by atoms with van der Waals surface area (Å²) in [6.07, 6.45) is 7.45. The van der Waals surface area contributed by atoms with E-state index in [1.165, 1.54) is 11.3 Å². The second-order valence-corrected chi connectivity index (χ2v) is 6.44. The minimum Gasteiger partial charge on any atom is -0.481 e. The summed E-state index contributed by atoms with van der Waals surface area (Å²) in [7, 11) is 0. The third-order valence-corrected chi connectivity index (χ3v) is 4.89. The summed E-state index contributed by atoms with van der Waals surface area (Å²) in [6.45, 7) is 0. The Kier molecular flexibility index (Phi) is 4.01. The van der Waals surface area contributed by atoms with E-state index in [1.807, 2.05) is 0 Å². The first-order valence-corrected chi connectivity index (χ1v) is 8.02. The number of hydrogen-bond donors (Lipinski definition) is 1. The highest BCUT2D eigenvalue weighted by molar-refractivity contribution is 7.13. The maximum atomic E-state index is 11.8. The van der Waals surface area contributed by atoms with Crippen LogP contribution in [0.25, 0.3) is 10.7 Å². The standard InChI is InChI=1S/C14H17N3O3S/c18-13(19)14(5-3-1-2-4-6-14)7-11-16-12(17-20-11)10-8-15-9-21-10/h8-9H,1-7H2,(H,18,19). The van der Waals surface area contributed by atoms with Gasteiger partial charge >= 0.3 is 5.97 Å². The van der Waals surface area contributed by atoms with Crippen molar-refractivity contribution in [2.45, 2.75) is 44.9 Å². The molecule has 0 spiro atoms. The smallest absolute Gasteiger partial charge is 0.310 e. The SMILES string of the molecule is O=C(O)C1(Cc2nc(-c3cncs3)no2)CCCCCC1. The number of hydrogen-bond acceptors (Lipinski definition) is 6. The predicted molar refractivity (Wildman–Crippen MR) is 76.9 cm³/mol. The van der Waals surface area contributed by atoms with Crippen LogP contribution in [0.15, 0.2) is 16.2 Å². The van der Waals surface area contributed by atoms with Crippen LogP contribution in [-0.2, 0) is 11.2 Å². The van der Waals surface area contributed by atoms with Gasteiger partial charge in [0.1, 0.15) is 0 Å². The summed E-state index contributed by atoms with van der Waals surface area (Å²) in [5, 5.41) is 13.6. The van der Waals surface area contributed by atoms with Crippen LogP contribution >= 0.6 is 11.3 Å². The fourth-order valence-corrected chi connectivity index (χ4v) is 3.46. The molecule has 1 N–H and O–H groups in total. The zero-order valence-corrected chi connectivity index (χ0v) is 12.4. The van der Waals surface area contributed by atoms with Crippen molar-refractivity contribution < 1.29 is 14.4 Å². The molecule has 1 aliphatic carbocycles. The van der Waals surface area contributed by atoms with E-state index in [9.17, 15) is 9.90 Å². The third-order valence-electron chi connectivity index (χ3n) is 4.12. The number of aromatic nitrogens is 3. The van der Waals surface area contributed by atoms with Gasteiger partial charge < -0.3 is 9.63 Å². The van der Waals surface area contributed by atoms with Crippen LogP contribution in [0.5, 0.6) is 0 Å². The van der Waals surface area contributed by atoms with Crippen molar-refractivity contribution >= 4 is 17.3 Å². The van der Waals surface area contributed by atoms with E-state index in [4.69, 9.17) is 4.52 Å². The number of rotatable bonds is 4. The number of nitrogens with zero attached hydrogens (tertiary/aromatic N) is 3. The van der Waals surface area contributed by atoms with E-state index in [2.05, 4.69) is 15.1 Å². The van der Waals surface area contributed by atoms with E-state index in [-0.39, 0.29) is 0 Å². The van der Waals surface area contributed by atoms with Crippen molar-refractivity contribution in [2.24, 2.45) is 5.41 Å². The lowest BCUT2D eigenvalue weighted by Gasteiger charge is -2.26. The molecular weight excluding hydrogens is 290 g/mol. The van der Waals surface area contributed by atoms with Crippen molar-refractivity contribution in [1.82, 2.24) is 15.1 Å². The van der Waals surface area contributed by atoms with Gasteiger partial charge in [0.05, 0.1) is 15.8 Å².